The standard InChI is InChI=1S/C22H21BrN4O2/c1-15-12-16(2)27(26-15)11-10-21-24-25-22(29-21)18-7-5-6-17(13-18)14-28-20-9-4-3-8-19(20)23/h3-9,12-13H,10-11,14H2,1-2H3. The van der Waals surface area contributed by atoms with E-state index in [1.54, 1.807) is 0 Å². The number of rotatable bonds is 7. The highest BCUT2D eigenvalue weighted by molar-refractivity contribution is 9.10. The quantitative estimate of drug-likeness (QED) is 0.388. The van der Waals surface area contributed by atoms with Crippen molar-refractivity contribution >= 4 is 15.9 Å². The molecule has 0 atom stereocenters. The Balaban J connectivity index is 1.42. The van der Waals surface area contributed by atoms with Gasteiger partial charge in [-0.1, -0.05) is 24.3 Å². The van der Waals surface area contributed by atoms with Crippen LogP contribution in [0, 0.1) is 13.8 Å². The summed E-state index contributed by atoms with van der Waals surface area (Å²) in [5.74, 6) is 1.92. The zero-order valence-electron chi connectivity index (χ0n) is 16.3. The zero-order chi connectivity index (χ0) is 20.2. The third kappa shape index (κ3) is 4.74. The van der Waals surface area contributed by atoms with E-state index in [4.69, 9.17) is 9.15 Å². The molecule has 29 heavy (non-hydrogen) atoms. The highest BCUT2D eigenvalue weighted by atomic mass is 79.9. The van der Waals surface area contributed by atoms with Crippen molar-refractivity contribution in [1.82, 2.24) is 20.0 Å². The summed E-state index contributed by atoms with van der Waals surface area (Å²) in [7, 11) is 0. The van der Waals surface area contributed by atoms with E-state index in [1.165, 1.54) is 0 Å². The Morgan fingerprint density at radius 2 is 1.90 bits per heavy atom. The molecule has 2 heterocycles. The number of halogens is 1. The van der Waals surface area contributed by atoms with E-state index in [2.05, 4.69) is 37.3 Å². The van der Waals surface area contributed by atoms with Crippen molar-refractivity contribution in [2.75, 3.05) is 0 Å². The zero-order valence-corrected chi connectivity index (χ0v) is 17.9. The maximum absolute atomic E-state index is 5.90. The summed E-state index contributed by atoms with van der Waals surface area (Å²) in [6.45, 7) is 5.19. The number of benzene rings is 2. The number of nitrogens with zero attached hydrogens (tertiary/aromatic N) is 4. The monoisotopic (exact) mass is 452 g/mol. The van der Waals surface area contributed by atoms with Gasteiger partial charge in [-0.3, -0.25) is 4.68 Å². The first-order valence-corrected chi connectivity index (χ1v) is 10.2. The Labute approximate surface area is 177 Å². The SMILES string of the molecule is Cc1cc(C)n(CCc2nnc(-c3cccc(COc4ccccc4Br)c3)o2)n1. The fourth-order valence-corrected chi connectivity index (χ4v) is 3.49. The van der Waals surface area contributed by atoms with E-state index in [9.17, 15) is 0 Å². The van der Waals surface area contributed by atoms with Crippen LogP contribution in [0.2, 0.25) is 0 Å². The number of para-hydroxylation sites is 1. The predicted octanol–water partition coefficient (Wildman–Crippen LogP) is 5.13. The van der Waals surface area contributed by atoms with Gasteiger partial charge in [0.25, 0.3) is 0 Å². The van der Waals surface area contributed by atoms with Crippen LogP contribution >= 0.6 is 15.9 Å². The molecule has 7 heteroatoms. The van der Waals surface area contributed by atoms with Gasteiger partial charge in [-0.05, 0) is 65.7 Å². The lowest BCUT2D eigenvalue weighted by molar-refractivity contribution is 0.304. The number of hydrogen-bond acceptors (Lipinski definition) is 5. The summed E-state index contributed by atoms with van der Waals surface area (Å²) in [5.41, 5.74) is 4.04. The molecule has 148 valence electrons. The Morgan fingerprint density at radius 3 is 2.69 bits per heavy atom. The van der Waals surface area contributed by atoms with Gasteiger partial charge in [0.05, 0.1) is 10.2 Å². The van der Waals surface area contributed by atoms with Crippen molar-refractivity contribution in [2.45, 2.75) is 33.4 Å². The van der Waals surface area contributed by atoms with Crippen molar-refractivity contribution in [3.8, 4) is 17.2 Å². The molecule has 2 aromatic carbocycles. The molecule has 0 unspecified atom stereocenters. The predicted molar refractivity (Wildman–Crippen MR) is 114 cm³/mol. The van der Waals surface area contributed by atoms with Gasteiger partial charge in [-0.2, -0.15) is 5.10 Å². The molecule has 0 aliphatic rings. The second kappa shape index (κ2) is 8.61. The fourth-order valence-electron chi connectivity index (χ4n) is 3.09. The van der Waals surface area contributed by atoms with Crippen LogP contribution in [0.5, 0.6) is 5.75 Å². The largest absolute Gasteiger partial charge is 0.488 e. The normalized spacial score (nSPS) is 11.0. The van der Waals surface area contributed by atoms with Crippen LogP contribution in [0.25, 0.3) is 11.5 Å². The molecule has 4 aromatic rings. The van der Waals surface area contributed by atoms with Gasteiger partial charge in [0, 0.05) is 24.2 Å². The molecule has 0 radical (unpaired) electrons. The minimum Gasteiger partial charge on any atom is -0.488 e. The van der Waals surface area contributed by atoms with E-state index in [-0.39, 0.29) is 0 Å². The molecule has 0 spiro atoms. The second-order valence-electron chi connectivity index (χ2n) is 6.82. The maximum atomic E-state index is 5.90. The summed E-state index contributed by atoms with van der Waals surface area (Å²) in [6, 6.07) is 17.8. The first kappa shape index (κ1) is 19.4. The van der Waals surface area contributed by atoms with Crippen molar-refractivity contribution in [3.63, 3.8) is 0 Å². The number of aromatic nitrogens is 4. The van der Waals surface area contributed by atoms with Crippen LogP contribution in [0.1, 0.15) is 22.8 Å². The molecule has 0 amide bonds. The van der Waals surface area contributed by atoms with Crippen LogP contribution in [-0.2, 0) is 19.6 Å². The second-order valence-corrected chi connectivity index (χ2v) is 7.68. The first-order valence-electron chi connectivity index (χ1n) is 9.38. The van der Waals surface area contributed by atoms with E-state index in [0.29, 0.717) is 31.4 Å². The topological polar surface area (TPSA) is 66.0 Å². The van der Waals surface area contributed by atoms with Gasteiger partial charge in [-0.15, -0.1) is 10.2 Å². The molecule has 2 aromatic heterocycles. The summed E-state index contributed by atoms with van der Waals surface area (Å²) < 4.78 is 14.6. The Morgan fingerprint density at radius 1 is 1.03 bits per heavy atom. The first-order chi connectivity index (χ1) is 14.1. The van der Waals surface area contributed by atoms with Crippen LogP contribution in [0.15, 0.2) is 63.5 Å². The molecule has 0 aliphatic carbocycles. The number of aryl methyl sites for hydroxylation is 4. The summed E-state index contributed by atoms with van der Waals surface area (Å²) in [6.07, 6.45) is 0.639. The van der Waals surface area contributed by atoms with Crippen LogP contribution in [-0.4, -0.2) is 20.0 Å². The van der Waals surface area contributed by atoms with E-state index in [0.717, 1.165) is 32.7 Å². The molecule has 0 saturated heterocycles. The molecule has 0 aliphatic heterocycles. The van der Waals surface area contributed by atoms with Crippen molar-refractivity contribution in [1.29, 1.82) is 0 Å². The summed E-state index contributed by atoms with van der Waals surface area (Å²) in [4.78, 5) is 0. The highest BCUT2D eigenvalue weighted by Gasteiger charge is 2.11. The van der Waals surface area contributed by atoms with Gasteiger partial charge < -0.3 is 9.15 Å². The summed E-state index contributed by atoms with van der Waals surface area (Å²) >= 11 is 3.50. The minimum atomic E-state index is 0.454. The number of ether oxygens (including phenoxy) is 1. The molecular weight excluding hydrogens is 432 g/mol. The van der Waals surface area contributed by atoms with E-state index >= 15 is 0 Å². The van der Waals surface area contributed by atoms with Gasteiger partial charge in [0.2, 0.25) is 11.8 Å². The molecular formula is C22H21BrN4O2. The smallest absolute Gasteiger partial charge is 0.247 e. The van der Waals surface area contributed by atoms with Crippen LogP contribution < -0.4 is 4.74 Å². The lowest BCUT2D eigenvalue weighted by Crippen LogP contribution is -2.05. The van der Waals surface area contributed by atoms with E-state index < -0.39 is 0 Å². The average molecular weight is 453 g/mol. The third-order valence-corrected chi connectivity index (χ3v) is 5.17. The van der Waals surface area contributed by atoms with Crippen molar-refractivity contribution in [2.24, 2.45) is 0 Å². The van der Waals surface area contributed by atoms with Crippen LogP contribution in [0.4, 0.5) is 0 Å². The van der Waals surface area contributed by atoms with Gasteiger partial charge in [0.15, 0.2) is 0 Å². The van der Waals surface area contributed by atoms with Gasteiger partial charge >= 0.3 is 0 Å². The van der Waals surface area contributed by atoms with Gasteiger partial charge in [0.1, 0.15) is 12.4 Å². The third-order valence-electron chi connectivity index (χ3n) is 4.51. The minimum absolute atomic E-state index is 0.454. The summed E-state index contributed by atoms with van der Waals surface area (Å²) in [5, 5.41) is 12.9. The molecule has 0 N–H and O–H groups in total. The lowest BCUT2D eigenvalue weighted by atomic mass is 10.1. The number of hydrogen-bond donors (Lipinski definition) is 0. The Bertz CT molecular complexity index is 1120. The molecule has 4 rings (SSSR count). The highest BCUT2D eigenvalue weighted by Crippen LogP contribution is 2.25. The Kier molecular flexibility index (Phi) is 5.76. The molecule has 6 nitrogen and oxygen atoms in total. The van der Waals surface area contributed by atoms with Crippen LogP contribution in [0.3, 0.4) is 0 Å². The molecule has 0 saturated carbocycles. The molecule has 0 bridgehead atoms. The Hall–Kier alpha value is -2.93. The maximum Gasteiger partial charge on any atom is 0.247 e. The van der Waals surface area contributed by atoms with Crippen molar-refractivity contribution < 1.29 is 9.15 Å². The van der Waals surface area contributed by atoms with Crippen molar-refractivity contribution in [3.05, 3.63) is 81.9 Å². The van der Waals surface area contributed by atoms with Gasteiger partial charge in [-0.25, -0.2) is 0 Å². The fraction of sp³-hybridized carbons (Fsp3) is 0.227. The average Bonchev–Trinajstić information content (AvgIpc) is 3.32. The van der Waals surface area contributed by atoms with E-state index in [1.807, 2.05) is 67.1 Å². The lowest BCUT2D eigenvalue weighted by Gasteiger charge is -2.08. The molecule has 0 fully saturated rings.